The maximum Gasteiger partial charge on any atom is 0.136 e. The molecule has 0 fully saturated rings. The molecule has 0 bridgehead atoms. The molecule has 114 valence electrons. The molecule has 2 aromatic heterocycles. The highest BCUT2D eigenvalue weighted by molar-refractivity contribution is 9.10. The van der Waals surface area contributed by atoms with Crippen LogP contribution in [0.1, 0.15) is 11.4 Å². The van der Waals surface area contributed by atoms with Crippen LogP contribution in [0.2, 0.25) is 0 Å². The molecule has 4 rings (SSSR count). The maximum absolute atomic E-state index is 4.64. The van der Waals surface area contributed by atoms with Crippen molar-refractivity contribution in [1.82, 2.24) is 14.2 Å². The lowest BCUT2D eigenvalue weighted by atomic mass is 10.1. The lowest BCUT2D eigenvalue weighted by molar-refractivity contribution is 0.784. The second-order valence-electron chi connectivity index (χ2n) is 5.66. The standard InChI is InChI=1S/C19H16BrN3/c1-14-21-23-13-17(16-7-9-18(20)10-8-16)11-19(23)22(14)12-15-5-3-2-4-6-15/h2-11,13H,12H2,1H3. The van der Waals surface area contributed by atoms with Crippen LogP contribution in [0.15, 0.2) is 71.3 Å². The van der Waals surface area contributed by atoms with E-state index in [-0.39, 0.29) is 0 Å². The van der Waals surface area contributed by atoms with E-state index < -0.39 is 0 Å². The van der Waals surface area contributed by atoms with E-state index in [1.807, 2.05) is 10.6 Å². The fourth-order valence-corrected chi connectivity index (χ4v) is 3.12. The molecule has 2 aromatic carbocycles. The first-order valence-corrected chi connectivity index (χ1v) is 8.35. The molecule has 0 saturated carbocycles. The minimum Gasteiger partial charge on any atom is -0.309 e. The predicted octanol–water partition coefficient (Wildman–Crippen LogP) is 4.92. The monoisotopic (exact) mass is 365 g/mol. The second kappa shape index (κ2) is 5.70. The predicted molar refractivity (Wildman–Crippen MR) is 96.6 cm³/mol. The van der Waals surface area contributed by atoms with E-state index >= 15 is 0 Å². The van der Waals surface area contributed by atoms with Crippen LogP contribution in [-0.2, 0) is 6.54 Å². The van der Waals surface area contributed by atoms with Gasteiger partial charge in [-0.05, 0) is 36.2 Å². The molecule has 2 heterocycles. The Hall–Kier alpha value is -2.33. The molecular weight excluding hydrogens is 350 g/mol. The van der Waals surface area contributed by atoms with Crippen molar-refractivity contribution in [3.63, 3.8) is 0 Å². The van der Waals surface area contributed by atoms with Gasteiger partial charge in [-0.1, -0.05) is 58.4 Å². The highest BCUT2D eigenvalue weighted by Crippen LogP contribution is 2.25. The zero-order valence-corrected chi connectivity index (χ0v) is 14.4. The van der Waals surface area contributed by atoms with Gasteiger partial charge in [0.25, 0.3) is 0 Å². The summed E-state index contributed by atoms with van der Waals surface area (Å²) in [5.41, 5.74) is 4.77. The average Bonchev–Trinajstić information content (AvgIpc) is 3.08. The van der Waals surface area contributed by atoms with E-state index in [1.54, 1.807) is 0 Å². The molecule has 0 radical (unpaired) electrons. The highest BCUT2D eigenvalue weighted by atomic mass is 79.9. The molecule has 3 nitrogen and oxygen atoms in total. The van der Waals surface area contributed by atoms with Gasteiger partial charge in [0.2, 0.25) is 0 Å². The van der Waals surface area contributed by atoms with Crippen LogP contribution >= 0.6 is 15.9 Å². The van der Waals surface area contributed by atoms with Gasteiger partial charge in [0.1, 0.15) is 11.5 Å². The lowest BCUT2D eigenvalue weighted by Gasteiger charge is -2.05. The Labute approximate surface area is 143 Å². The Kier molecular flexibility index (Phi) is 3.54. The number of benzene rings is 2. The molecule has 0 aliphatic rings. The lowest BCUT2D eigenvalue weighted by Crippen LogP contribution is -2.01. The average molecular weight is 366 g/mol. The summed E-state index contributed by atoms with van der Waals surface area (Å²) in [4.78, 5) is 0. The van der Waals surface area contributed by atoms with Gasteiger partial charge < -0.3 is 4.57 Å². The summed E-state index contributed by atoms with van der Waals surface area (Å²) in [5.74, 6) is 1.02. The minimum atomic E-state index is 0.833. The summed E-state index contributed by atoms with van der Waals surface area (Å²) in [6, 6.07) is 21.1. The van der Waals surface area contributed by atoms with Crippen molar-refractivity contribution in [2.75, 3.05) is 0 Å². The smallest absolute Gasteiger partial charge is 0.136 e. The van der Waals surface area contributed by atoms with Gasteiger partial charge in [0.15, 0.2) is 0 Å². The van der Waals surface area contributed by atoms with Crippen molar-refractivity contribution in [3.05, 3.63) is 82.7 Å². The molecule has 0 atom stereocenters. The fourth-order valence-electron chi connectivity index (χ4n) is 2.86. The van der Waals surface area contributed by atoms with Gasteiger partial charge in [-0.3, -0.25) is 0 Å². The van der Waals surface area contributed by atoms with Gasteiger partial charge in [-0.15, -0.1) is 0 Å². The summed E-state index contributed by atoms with van der Waals surface area (Å²) < 4.78 is 5.31. The van der Waals surface area contributed by atoms with Crippen molar-refractivity contribution < 1.29 is 0 Å². The maximum atomic E-state index is 4.64. The van der Waals surface area contributed by atoms with Gasteiger partial charge in [0, 0.05) is 16.2 Å². The summed E-state index contributed by atoms with van der Waals surface area (Å²) in [6.45, 7) is 2.88. The number of nitrogens with zero attached hydrogens (tertiary/aromatic N) is 3. The van der Waals surface area contributed by atoms with Gasteiger partial charge in [-0.25, -0.2) is 4.52 Å². The molecule has 0 amide bonds. The van der Waals surface area contributed by atoms with Crippen molar-refractivity contribution in [2.45, 2.75) is 13.5 Å². The summed E-state index contributed by atoms with van der Waals surface area (Å²) in [6.07, 6.45) is 2.09. The van der Waals surface area contributed by atoms with E-state index in [4.69, 9.17) is 0 Å². The number of aromatic nitrogens is 3. The third-order valence-corrected chi connectivity index (χ3v) is 4.59. The van der Waals surface area contributed by atoms with E-state index in [9.17, 15) is 0 Å². The van der Waals surface area contributed by atoms with Crippen molar-refractivity contribution in [3.8, 4) is 11.1 Å². The van der Waals surface area contributed by atoms with Crippen LogP contribution in [0.3, 0.4) is 0 Å². The molecule has 0 aliphatic heterocycles. The number of fused-ring (bicyclic) bond motifs is 1. The Morgan fingerprint density at radius 1 is 0.957 bits per heavy atom. The second-order valence-corrected chi connectivity index (χ2v) is 6.57. The van der Waals surface area contributed by atoms with Crippen molar-refractivity contribution in [1.29, 1.82) is 0 Å². The van der Waals surface area contributed by atoms with Crippen molar-refractivity contribution >= 4 is 21.6 Å². The molecule has 0 spiro atoms. The molecule has 0 N–H and O–H groups in total. The molecule has 0 unspecified atom stereocenters. The third-order valence-electron chi connectivity index (χ3n) is 4.06. The first kappa shape index (κ1) is 14.3. The molecule has 0 saturated heterocycles. The zero-order chi connectivity index (χ0) is 15.8. The number of aryl methyl sites for hydroxylation is 1. The third kappa shape index (κ3) is 2.70. The van der Waals surface area contributed by atoms with E-state index in [1.165, 1.54) is 16.7 Å². The largest absolute Gasteiger partial charge is 0.309 e. The molecular formula is C19H16BrN3. The Morgan fingerprint density at radius 3 is 2.43 bits per heavy atom. The molecule has 0 aliphatic carbocycles. The number of hydrogen-bond donors (Lipinski definition) is 0. The summed E-state index contributed by atoms with van der Waals surface area (Å²) >= 11 is 3.48. The van der Waals surface area contributed by atoms with E-state index in [0.29, 0.717) is 0 Å². The topological polar surface area (TPSA) is 22.2 Å². The number of hydrogen-bond acceptors (Lipinski definition) is 1. The van der Waals surface area contributed by atoms with E-state index in [0.717, 1.165) is 22.5 Å². The van der Waals surface area contributed by atoms with Crippen molar-refractivity contribution in [2.24, 2.45) is 0 Å². The SMILES string of the molecule is Cc1nn2cc(-c3ccc(Br)cc3)cc2n1Cc1ccccc1. The van der Waals surface area contributed by atoms with Crippen LogP contribution < -0.4 is 0 Å². The Bertz CT molecular complexity index is 950. The fraction of sp³-hybridized carbons (Fsp3) is 0.105. The Morgan fingerprint density at radius 2 is 1.70 bits per heavy atom. The molecule has 4 heteroatoms. The Balaban J connectivity index is 1.76. The normalized spacial score (nSPS) is 11.2. The summed E-state index contributed by atoms with van der Waals surface area (Å²) in [7, 11) is 0. The minimum absolute atomic E-state index is 0.833. The first-order chi connectivity index (χ1) is 11.2. The molecule has 4 aromatic rings. The first-order valence-electron chi connectivity index (χ1n) is 7.56. The van der Waals surface area contributed by atoms with Crippen LogP contribution in [0.4, 0.5) is 0 Å². The summed E-state index contributed by atoms with van der Waals surface area (Å²) in [5, 5.41) is 4.64. The quantitative estimate of drug-likeness (QED) is 0.504. The van der Waals surface area contributed by atoms with Crippen LogP contribution in [-0.4, -0.2) is 14.2 Å². The number of halogens is 1. The van der Waals surface area contributed by atoms with E-state index in [2.05, 4.69) is 93.3 Å². The van der Waals surface area contributed by atoms with Gasteiger partial charge in [-0.2, -0.15) is 5.10 Å². The number of rotatable bonds is 3. The van der Waals surface area contributed by atoms with Gasteiger partial charge >= 0.3 is 0 Å². The van der Waals surface area contributed by atoms with Crippen LogP contribution in [0.5, 0.6) is 0 Å². The zero-order valence-electron chi connectivity index (χ0n) is 12.8. The van der Waals surface area contributed by atoms with Crippen LogP contribution in [0.25, 0.3) is 16.8 Å². The highest BCUT2D eigenvalue weighted by Gasteiger charge is 2.11. The van der Waals surface area contributed by atoms with Gasteiger partial charge in [0.05, 0.1) is 6.54 Å². The van der Waals surface area contributed by atoms with Crippen LogP contribution in [0, 0.1) is 6.92 Å². The molecule has 23 heavy (non-hydrogen) atoms.